The number of ketones is 1. The number of nitrogens with one attached hydrogen (secondary N) is 1. The Morgan fingerprint density at radius 2 is 1.96 bits per heavy atom. The molecule has 1 aromatic heterocycles. The minimum Gasteiger partial charge on any atom is -0.432 e. The number of aromatic nitrogens is 1. The van der Waals surface area contributed by atoms with Gasteiger partial charge in [-0.05, 0) is 25.0 Å². The highest BCUT2D eigenvalue weighted by molar-refractivity contribution is 5.97. The van der Waals surface area contributed by atoms with Crippen LogP contribution in [0, 0.1) is 5.82 Å². The summed E-state index contributed by atoms with van der Waals surface area (Å²) in [6.07, 6.45) is 3.36. The van der Waals surface area contributed by atoms with Crippen molar-refractivity contribution in [2.75, 3.05) is 0 Å². The smallest absolute Gasteiger partial charge is 0.387 e. The predicted octanol–water partition coefficient (Wildman–Crippen LogP) is 3.22. The first-order valence-electron chi connectivity index (χ1n) is 7.79. The van der Waals surface area contributed by atoms with E-state index in [1.165, 1.54) is 12.3 Å². The number of amides is 1. The molecule has 8 heteroatoms. The molecular formula is C17H15F3N2O3. The molecule has 132 valence electrons. The Hall–Kier alpha value is -2.64. The lowest BCUT2D eigenvalue weighted by Gasteiger charge is -2.22. The number of carbonyl (C=O) groups is 2. The fraction of sp³-hybridized carbons (Fsp3) is 0.353. The summed E-state index contributed by atoms with van der Waals surface area (Å²) in [6, 6.07) is 3.40. The monoisotopic (exact) mass is 352 g/mol. The van der Waals surface area contributed by atoms with Crippen molar-refractivity contribution in [2.24, 2.45) is 0 Å². The standard InChI is InChI=1S/C17H15F3N2O3/c18-13-6-9-5-10(8-21-14(9)7-15(13)25-17(19)20)16(24)22-11-1-3-12(23)4-2-11/h5-8,11,17H,1-4H2,(H,22,24). The number of benzene rings is 1. The maximum Gasteiger partial charge on any atom is 0.387 e. The zero-order valence-electron chi connectivity index (χ0n) is 13.1. The fourth-order valence-electron chi connectivity index (χ4n) is 2.79. The van der Waals surface area contributed by atoms with Crippen molar-refractivity contribution in [3.63, 3.8) is 0 Å². The summed E-state index contributed by atoms with van der Waals surface area (Å²) in [5.41, 5.74) is 0.461. The van der Waals surface area contributed by atoms with E-state index in [0.717, 1.165) is 12.1 Å². The van der Waals surface area contributed by atoms with E-state index < -0.39 is 18.2 Å². The molecule has 3 rings (SSSR count). The van der Waals surface area contributed by atoms with Gasteiger partial charge in [0.1, 0.15) is 5.78 Å². The van der Waals surface area contributed by atoms with Gasteiger partial charge in [-0.25, -0.2) is 4.39 Å². The van der Waals surface area contributed by atoms with Crippen LogP contribution in [-0.2, 0) is 4.79 Å². The summed E-state index contributed by atoms with van der Waals surface area (Å²) in [5.74, 6) is -1.74. The number of ether oxygens (including phenoxy) is 1. The predicted molar refractivity (Wildman–Crippen MR) is 83.1 cm³/mol. The van der Waals surface area contributed by atoms with Crippen LogP contribution in [0.15, 0.2) is 24.4 Å². The van der Waals surface area contributed by atoms with E-state index in [1.54, 1.807) is 0 Å². The molecule has 25 heavy (non-hydrogen) atoms. The molecule has 0 spiro atoms. The van der Waals surface area contributed by atoms with E-state index in [1.807, 2.05) is 0 Å². The van der Waals surface area contributed by atoms with Crippen molar-refractivity contribution < 1.29 is 27.5 Å². The van der Waals surface area contributed by atoms with E-state index >= 15 is 0 Å². The van der Waals surface area contributed by atoms with Crippen LogP contribution in [0.1, 0.15) is 36.0 Å². The summed E-state index contributed by atoms with van der Waals surface area (Å²) < 4.78 is 42.4. The second-order valence-corrected chi connectivity index (χ2v) is 5.86. The molecule has 0 radical (unpaired) electrons. The molecule has 0 bridgehead atoms. The number of alkyl halides is 2. The Kier molecular flexibility index (Phi) is 4.87. The summed E-state index contributed by atoms with van der Waals surface area (Å²) in [4.78, 5) is 27.5. The molecule has 0 unspecified atom stereocenters. The van der Waals surface area contributed by atoms with Crippen molar-refractivity contribution in [1.29, 1.82) is 0 Å². The first kappa shape index (κ1) is 17.2. The van der Waals surface area contributed by atoms with Gasteiger partial charge in [-0.1, -0.05) is 0 Å². The van der Waals surface area contributed by atoms with E-state index in [0.29, 0.717) is 31.1 Å². The van der Waals surface area contributed by atoms with Gasteiger partial charge in [-0.3, -0.25) is 14.6 Å². The van der Waals surface area contributed by atoms with Gasteiger partial charge in [-0.2, -0.15) is 8.78 Å². The fourth-order valence-corrected chi connectivity index (χ4v) is 2.79. The van der Waals surface area contributed by atoms with Crippen LogP contribution in [0.4, 0.5) is 13.2 Å². The summed E-state index contributed by atoms with van der Waals surface area (Å²) in [6.45, 7) is -3.14. The molecule has 0 saturated heterocycles. The van der Waals surface area contributed by atoms with E-state index in [-0.39, 0.29) is 28.8 Å². The molecule has 1 heterocycles. The average Bonchev–Trinajstić information content (AvgIpc) is 2.56. The minimum absolute atomic E-state index is 0.0838. The number of hydrogen-bond donors (Lipinski definition) is 1. The zero-order valence-corrected chi connectivity index (χ0v) is 13.1. The molecule has 5 nitrogen and oxygen atoms in total. The van der Waals surface area contributed by atoms with Crippen LogP contribution in [0.25, 0.3) is 10.9 Å². The van der Waals surface area contributed by atoms with Gasteiger partial charge in [0.05, 0.1) is 11.1 Å². The van der Waals surface area contributed by atoms with Gasteiger partial charge >= 0.3 is 6.61 Å². The van der Waals surface area contributed by atoms with Crippen molar-refractivity contribution in [2.45, 2.75) is 38.3 Å². The lowest BCUT2D eigenvalue weighted by atomic mass is 9.94. The van der Waals surface area contributed by atoms with Crippen LogP contribution >= 0.6 is 0 Å². The van der Waals surface area contributed by atoms with E-state index in [4.69, 9.17) is 0 Å². The lowest BCUT2D eigenvalue weighted by Crippen LogP contribution is -2.37. The third-order valence-corrected chi connectivity index (χ3v) is 4.09. The Labute approximate surface area is 141 Å². The number of fused-ring (bicyclic) bond motifs is 1. The highest BCUT2D eigenvalue weighted by Gasteiger charge is 2.21. The molecule has 1 amide bonds. The molecule has 0 aliphatic heterocycles. The number of Topliss-reactive ketones (excluding diaryl/α,β-unsaturated/α-hetero) is 1. The van der Waals surface area contributed by atoms with Gasteiger partial charge < -0.3 is 10.1 Å². The topological polar surface area (TPSA) is 68.3 Å². The first-order chi connectivity index (χ1) is 11.9. The maximum absolute atomic E-state index is 13.8. The molecule has 1 aromatic carbocycles. The second-order valence-electron chi connectivity index (χ2n) is 5.86. The number of carbonyl (C=O) groups excluding carboxylic acids is 2. The lowest BCUT2D eigenvalue weighted by molar-refractivity contribution is -0.120. The summed E-state index contributed by atoms with van der Waals surface area (Å²) in [5, 5.41) is 3.12. The number of hydrogen-bond acceptors (Lipinski definition) is 4. The van der Waals surface area contributed by atoms with E-state index in [9.17, 15) is 22.8 Å². The second kappa shape index (κ2) is 7.08. The number of nitrogens with zero attached hydrogens (tertiary/aromatic N) is 1. The zero-order chi connectivity index (χ0) is 18.0. The molecule has 1 saturated carbocycles. The average molecular weight is 352 g/mol. The Morgan fingerprint density at radius 3 is 2.64 bits per heavy atom. The third kappa shape index (κ3) is 4.07. The molecule has 0 atom stereocenters. The van der Waals surface area contributed by atoms with Gasteiger partial charge in [-0.15, -0.1) is 0 Å². The quantitative estimate of drug-likeness (QED) is 0.917. The van der Waals surface area contributed by atoms with Crippen LogP contribution in [0.5, 0.6) is 5.75 Å². The number of halogens is 3. The third-order valence-electron chi connectivity index (χ3n) is 4.09. The van der Waals surface area contributed by atoms with Crippen LogP contribution < -0.4 is 10.1 Å². The number of pyridine rings is 1. The summed E-state index contributed by atoms with van der Waals surface area (Å²) >= 11 is 0. The van der Waals surface area contributed by atoms with Crippen LogP contribution in [0.2, 0.25) is 0 Å². The summed E-state index contributed by atoms with van der Waals surface area (Å²) in [7, 11) is 0. The molecular weight excluding hydrogens is 337 g/mol. The van der Waals surface area contributed by atoms with Crippen LogP contribution in [0.3, 0.4) is 0 Å². The van der Waals surface area contributed by atoms with Crippen molar-refractivity contribution in [3.05, 3.63) is 35.8 Å². The minimum atomic E-state index is -3.14. The van der Waals surface area contributed by atoms with Crippen LogP contribution in [-0.4, -0.2) is 29.3 Å². The highest BCUT2D eigenvalue weighted by Crippen LogP contribution is 2.25. The molecule has 1 aliphatic rings. The van der Waals surface area contributed by atoms with Gasteiger partial charge in [0.2, 0.25) is 0 Å². The molecule has 1 fully saturated rings. The SMILES string of the molecule is O=C1CCC(NC(=O)c2cnc3cc(OC(F)F)c(F)cc3c2)CC1. The molecule has 1 aliphatic carbocycles. The highest BCUT2D eigenvalue weighted by atomic mass is 19.3. The Morgan fingerprint density at radius 1 is 1.24 bits per heavy atom. The van der Waals surface area contributed by atoms with Gasteiger partial charge in [0.15, 0.2) is 11.6 Å². The van der Waals surface area contributed by atoms with Gasteiger partial charge in [0.25, 0.3) is 5.91 Å². The van der Waals surface area contributed by atoms with Gasteiger partial charge in [0, 0.05) is 36.5 Å². The Balaban J connectivity index is 1.78. The molecule has 1 N–H and O–H groups in total. The van der Waals surface area contributed by atoms with Crippen molar-refractivity contribution in [3.8, 4) is 5.75 Å². The Bertz CT molecular complexity index is 816. The van der Waals surface area contributed by atoms with E-state index in [2.05, 4.69) is 15.0 Å². The normalized spacial score (nSPS) is 15.6. The van der Waals surface area contributed by atoms with Crippen molar-refractivity contribution >= 4 is 22.6 Å². The molecule has 2 aromatic rings. The number of rotatable bonds is 4. The van der Waals surface area contributed by atoms with Crippen molar-refractivity contribution in [1.82, 2.24) is 10.3 Å². The first-order valence-corrected chi connectivity index (χ1v) is 7.79. The maximum atomic E-state index is 13.8. The largest absolute Gasteiger partial charge is 0.432 e.